The van der Waals surface area contributed by atoms with E-state index in [2.05, 4.69) is 5.32 Å². The Kier molecular flexibility index (Phi) is 5.91. The van der Waals surface area contributed by atoms with E-state index in [1.54, 1.807) is 24.1 Å². The molecule has 2 fully saturated rings. The number of carbonyl (C=O) groups is 3. The number of rotatable bonds is 5. The van der Waals surface area contributed by atoms with Crippen LogP contribution in [-0.2, 0) is 15.1 Å². The van der Waals surface area contributed by atoms with Crippen molar-refractivity contribution in [2.45, 2.75) is 51.5 Å². The summed E-state index contributed by atoms with van der Waals surface area (Å²) < 4.78 is 5.30. The topological polar surface area (TPSA) is 79.0 Å². The highest BCUT2D eigenvalue weighted by molar-refractivity contribution is 6.09. The van der Waals surface area contributed by atoms with E-state index >= 15 is 0 Å². The molecule has 1 N–H and O–H groups in total. The quantitative estimate of drug-likeness (QED) is 0.788. The number of benzene rings is 1. The van der Waals surface area contributed by atoms with Gasteiger partial charge in [-0.2, -0.15) is 0 Å². The van der Waals surface area contributed by atoms with Gasteiger partial charge in [0.1, 0.15) is 17.8 Å². The van der Waals surface area contributed by atoms with Crippen LogP contribution in [0.3, 0.4) is 0 Å². The maximum absolute atomic E-state index is 13.3. The van der Waals surface area contributed by atoms with Gasteiger partial charge in [-0.25, -0.2) is 4.79 Å². The molecule has 0 bridgehead atoms. The van der Waals surface area contributed by atoms with Crippen LogP contribution in [0, 0.1) is 6.92 Å². The van der Waals surface area contributed by atoms with E-state index in [0.717, 1.165) is 41.9 Å². The van der Waals surface area contributed by atoms with Crippen LogP contribution in [0.5, 0.6) is 5.75 Å². The van der Waals surface area contributed by atoms with E-state index in [0.29, 0.717) is 25.1 Å². The number of likely N-dealkylation sites (tertiary alicyclic amines) is 1. The number of hydrogen-bond donors (Lipinski definition) is 1. The molecule has 0 aromatic heterocycles. The van der Waals surface area contributed by atoms with E-state index in [4.69, 9.17) is 4.74 Å². The number of imide groups is 1. The molecule has 0 radical (unpaired) electrons. The molecule has 7 heteroatoms. The van der Waals surface area contributed by atoms with Crippen LogP contribution < -0.4 is 10.1 Å². The molecule has 152 valence electrons. The molecule has 4 amide bonds. The van der Waals surface area contributed by atoms with Crippen molar-refractivity contribution in [3.63, 3.8) is 0 Å². The lowest BCUT2D eigenvalue weighted by atomic mass is 9.86. The van der Waals surface area contributed by atoms with Crippen molar-refractivity contribution in [2.75, 3.05) is 26.7 Å². The Labute approximate surface area is 166 Å². The highest BCUT2D eigenvalue weighted by Crippen LogP contribution is 2.34. The molecule has 0 spiro atoms. The van der Waals surface area contributed by atoms with Crippen LogP contribution in [0.2, 0.25) is 0 Å². The van der Waals surface area contributed by atoms with Gasteiger partial charge in [0, 0.05) is 13.1 Å². The summed E-state index contributed by atoms with van der Waals surface area (Å²) in [7, 11) is 1.59. The third kappa shape index (κ3) is 3.57. The molecular weight excluding hydrogens is 358 g/mol. The number of carbonyl (C=O) groups excluding carboxylic acids is 3. The van der Waals surface area contributed by atoms with E-state index in [9.17, 15) is 14.4 Å². The summed E-state index contributed by atoms with van der Waals surface area (Å²) in [4.78, 5) is 41.4. The summed E-state index contributed by atoms with van der Waals surface area (Å²) in [6.45, 7) is 4.94. The van der Waals surface area contributed by atoms with Crippen LogP contribution in [0.25, 0.3) is 0 Å². The zero-order chi connectivity index (χ0) is 20.3. The van der Waals surface area contributed by atoms with Gasteiger partial charge in [-0.15, -0.1) is 0 Å². The van der Waals surface area contributed by atoms with Crippen molar-refractivity contribution in [3.8, 4) is 5.75 Å². The second-order valence-electron chi connectivity index (χ2n) is 7.56. The zero-order valence-electron chi connectivity index (χ0n) is 16.9. The Morgan fingerprint density at radius 1 is 1.18 bits per heavy atom. The molecule has 1 atom stereocenters. The van der Waals surface area contributed by atoms with Gasteiger partial charge in [0.05, 0.1) is 7.11 Å². The van der Waals surface area contributed by atoms with Crippen LogP contribution in [0.1, 0.15) is 50.2 Å². The molecule has 2 saturated heterocycles. The van der Waals surface area contributed by atoms with Crippen molar-refractivity contribution >= 4 is 17.8 Å². The third-order valence-electron chi connectivity index (χ3n) is 5.85. The van der Waals surface area contributed by atoms with Crippen molar-refractivity contribution in [1.82, 2.24) is 15.1 Å². The summed E-state index contributed by atoms with van der Waals surface area (Å²) in [5.74, 6) is 0.191. The Morgan fingerprint density at radius 3 is 2.43 bits per heavy atom. The molecule has 3 rings (SSSR count). The normalized spacial score (nSPS) is 22.8. The number of nitrogens with one attached hydrogen (secondary N) is 1. The molecule has 2 aliphatic rings. The number of amides is 4. The van der Waals surface area contributed by atoms with Gasteiger partial charge in [0.2, 0.25) is 5.91 Å². The van der Waals surface area contributed by atoms with E-state index in [1.807, 2.05) is 19.9 Å². The molecule has 1 aromatic rings. The average molecular weight is 387 g/mol. The second-order valence-corrected chi connectivity index (χ2v) is 7.56. The minimum absolute atomic E-state index is 0.164. The van der Waals surface area contributed by atoms with Gasteiger partial charge in [0.25, 0.3) is 5.91 Å². The maximum atomic E-state index is 13.3. The summed E-state index contributed by atoms with van der Waals surface area (Å²) in [6, 6.07) is 4.95. The van der Waals surface area contributed by atoms with Gasteiger partial charge in [-0.05, 0) is 49.4 Å². The van der Waals surface area contributed by atoms with Crippen molar-refractivity contribution < 1.29 is 19.1 Å². The number of methoxy groups -OCH3 is 1. The Balaban J connectivity index is 1.82. The molecule has 2 heterocycles. The first-order valence-electron chi connectivity index (χ1n) is 10.00. The molecule has 28 heavy (non-hydrogen) atoms. The SMILES string of the molecule is CCC1(c2ccc(OC)c(C)c2)NC(=O)N(CC(=O)N2CCCCCC2)C1=O. The van der Waals surface area contributed by atoms with E-state index in [1.165, 1.54) is 0 Å². The summed E-state index contributed by atoms with van der Waals surface area (Å²) in [6.07, 6.45) is 4.56. The minimum atomic E-state index is -1.15. The fourth-order valence-electron chi connectivity index (χ4n) is 4.11. The second kappa shape index (κ2) is 8.20. The molecule has 1 aromatic carbocycles. The van der Waals surface area contributed by atoms with Crippen molar-refractivity contribution in [2.24, 2.45) is 0 Å². The standard InChI is InChI=1S/C21H29N3O4/c1-4-21(16-9-10-17(28-3)15(2)13-16)19(26)24(20(27)22-21)14-18(25)23-11-7-5-6-8-12-23/h9-10,13H,4-8,11-12,14H2,1-3H3,(H,22,27). The lowest BCUT2D eigenvalue weighted by Crippen LogP contribution is -2.45. The van der Waals surface area contributed by atoms with Crippen LogP contribution in [0.15, 0.2) is 18.2 Å². The predicted octanol–water partition coefficient (Wildman–Crippen LogP) is 2.56. The highest BCUT2D eigenvalue weighted by Gasteiger charge is 2.52. The number of aryl methyl sites for hydroxylation is 1. The van der Waals surface area contributed by atoms with E-state index < -0.39 is 11.6 Å². The van der Waals surface area contributed by atoms with Gasteiger partial charge in [-0.1, -0.05) is 25.8 Å². The Hall–Kier alpha value is -2.57. The predicted molar refractivity (Wildman–Crippen MR) is 105 cm³/mol. The van der Waals surface area contributed by atoms with Crippen LogP contribution in [-0.4, -0.2) is 54.4 Å². The molecule has 0 aliphatic carbocycles. The van der Waals surface area contributed by atoms with Crippen LogP contribution >= 0.6 is 0 Å². The molecule has 7 nitrogen and oxygen atoms in total. The maximum Gasteiger partial charge on any atom is 0.325 e. The molecule has 2 aliphatic heterocycles. The summed E-state index contributed by atoms with van der Waals surface area (Å²) in [5, 5.41) is 2.84. The average Bonchev–Trinajstić information content (AvgIpc) is 2.89. The lowest BCUT2D eigenvalue weighted by Gasteiger charge is -2.27. The van der Waals surface area contributed by atoms with Crippen molar-refractivity contribution in [1.29, 1.82) is 0 Å². The first-order chi connectivity index (χ1) is 13.4. The number of hydrogen-bond acceptors (Lipinski definition) is 4. The molecular formula is C21H29N3O4. The number of urea groups is 1. The minimum Gasteiger partial charge on any atom is -0.496 e. The zero-order valence-corrected chi connectivity index (χ0v) is 16.9. The van der Waals surface area contributed by atoms with Gasteiger partial charge < -0.3 is 15.0 Å². The highest BCUT2D eigenvalue weighted by atomic mass is 16.5. The molecule has 1 unspecified atom stereocenters. The molecule has 0 saturated carbocycles. The number of nitrogens with zero attached hydrogens (tertiary/aromatic N) is 2. The van der Waals surface area contributed by atoms with Gasteiger partial charge >= 0.3 is 6.03 Å². The number of ether oxygens (including phenoxy) is 1. The monoisotopic (exact) mass is 387 g/mol. The van der Waals surface area contributed by atoms with E-state index in [-0.39, 0.29) is 18.4 Å². The van der Waals surface area contributed by atoms with Gasteiger partial charge in [-0.3, -0.25) is 14.5 Å². The first-order valence-corrected chi connectivity index (χ1v) is 10.00. The summed E-state index contributed by atoms with van der Waals surface area (Å²) >= 11 is 0. The Bertz CT molecular complexity index is 771. The smallest absolute Gasteiger partial charge is 0.325 e. The lowest BCUT2D eigenvalue weighted by molar-refractivity contribution is -0.139. The largest absolute Gasteiger partial charge is 0.496 e. The fourth-order valence-corrected chi connectivity index (χ4v) is 4.11. The van der Waals surface area contributed by atoms with Gasteiger partial charge in [0.15, 0.2) is 0 Å². The first kappa shape index (κ1) is 20.2. The van der Waals surface area contributed by atoms with Crippen LogP contribution in [0.4, 0.5) is 4.79 Å². The Morgan fingerprint density at radius 2 is 1.86 bits per heavy atom. The third-order valence-corrected chi connectivity index (χ3v) is 5.85. The fraction of sp³-hybridized carbons (Fsp3) is 0.571. The summed E-state index contributed by atoms with van der Waals surface area (Å²) in [5.41, 5.74) is 0.443. The van der Waals surface area contributed by atoms with Crippen molar-refractivity contribution in [3.05, 3.63) is 29.3 Å².